The van der Waals surface area contributed by atoms with Gasteiger partial charge < -0.3 is 9.90 Å². The normalized spacial score (nSPS) is 18.6. The molecule has 0 N–H and O–H groups in total. The number of rotatable bonds is 5. The molecule has 21 heavy (non-hydrogen) atoms. The van der Waals surface area contributed by atoms with Gasteiger partial charge in [0.15, 0.2) is 0 Å². The largest absolute Gasteiger partial charge is 0.545 e. The van der Waals surface area contributed by atoms with Crippen LogP contribution in [-0.4, -0.2) is 34.5 Å². The van der Waals surface area contributed by atoms with Gasteiger partial charge in [-0.2, -0.15) is 0 Å². The minimum atomic E-state index is -1.28. The monoisotopic (exact) mass is 306 g/mol. The van der Waals surface area contributed by atoms with E-state index in [9.17, 15) is 19.5 Å². The van der Waals surface area contributed by atoms with E-state index in [1.54, 1.807) is 18.2 Å². The van der Waals surface area contributed by atoms with Crippen molar-refractivity contribution in [2.75, 3.05) is 6.54 Å². The third kappa shape index (κ3) is 3.44. The summed E-state index contributed by atoms with van der Waals surface area (Å²) in [6.45, 7) is 4.27. The average Bonchev–Trinajstić information content (AvgIpc) is 2.66. The number of likely N-dealkylation sites (tertiary alicyclic amines) is 1. The number of hydrogen-bond donors (Lipinski definition) is 0. The highest BCUT2D eigenvalue weighted by atomic mass is 32.2. The number of imide groups is 1. The second-order valence-corrected chi connectivity index (χ2v) is 6.58. The summed E-state index contributed by atoms with van der Waals surface area (Å²) in [5.74, 6) is -1.52. The number of carboxylic acid groups (broad SMARTS) is 1. The predicted molar refractivity (Wildman–Crippen MR) is 76.6 cm³/mol. The number of carbonyl (C=O) groups is 3. The number of hydrogen-bond acceptors (Lipinski definition) is 5. The zero-order valence-corrected chi connectivity index (χ0v) is 12.7. The average molecular weight is 306 g/mol. The number of amides is 2. The Bertz CT molecular complexity index is 585. The lowest BCUT2D eigenvalue weighted by Gasteiger charge is -2.17. The maximum absolute atomic E-state index is 12.3. The molecule has 2 amide bonds. The molecule has 1 heterocycles. The summed E-state index contributed by atoms with van der Waals surface area (Å²) < 4.78 is 0. The van der Waals surface area contributed by atoms with Gasteiger partial charge in [-0.1, -0.05) is 32.0 Å². The van der Waals surface area contributed by atoms with Crippen LogP contribution >= 0.6 is 11.8 Å². The van der Waals surface area contributed by atoms with Crippen molar-refractivity contribution in [1.82, 2.24) is 4.90 Å². The molecule has 1 fully saturated rings. The zero-order valence-electron chi connectivity index (χ0n) is 11.9. The van der Waals surface area contributed by atoms with E-state index in [2.05, 4.69) is 0 Å². The van der Waals surface area contributed by atoms with Crippen LogP contribution in [0.3, 0.4) is 0 Å². The second-order valence-electron chi connectivity index (χ2n) is 5.33. The van der Waals surface area contributed by atoms with E-state index in [1.165, 1.54) is 11.0 Å². The molecule has 1 aromatic rings. The summed E-state index contributed by atoms with van der Waals surface area (Å²) in [5, 5.41) is 10.5. The molecular formula is C15H16NO4S-. The zero-order chi connectivity index (χ0) is 15.6. The van der Waals surface area contributed by atoms with Gasteiger partial charge >= 0.3 is 0 Å². The van der Waals surface area contributed by atoms with Crippen LogP contribution in [0.2, 0.25) is 0 Å². The van der Waals surface area contributed by atoms with E-state index < -0.39 is 11.2 Å². The predicted octanol–water partition coefficient (Wildman–Crippen LogP) is 0.926. The number of nitrogens with zero attached hydrogens (tertiary/aromatic N) is 1. The molecule has 0 aliphatic carbocycles. The second kappa shape index (κ2) is 6.30. The Hall–Kier alpha value is -1.82. The summed E-state index contributed by atoms with van der Waals surface area (Å²) in [6, 6.07) is 6.35. The van der Waals surface area contributed by atoms with Crippen LogP contribution in [0.1, 0.15) is 30.6 Å². The van der Waals surface area contributed by atoms with Crippen LogP contribution in [0.15, 0.2) is 29.2 Å². The third-order valence-corrected chi connectivity index (χ3v) is 4.39. The molecule has 112 valence electrons. The first kappa shape index (κ1) is 15.6. The van der Waals surface area contributed by atoms with Crippen molar-refractivity contribution in [1.29, 1.82) is 0 Å². The Balaban J connectivity index is 2.16. The summed E-state index contributed by atoms with van der Waals surface area (Å²) in [5.41, 5.74) is 0.0464. The van der Waals surface area contributed by atoms with Gasteiger partial charge in [0.25, 0.3) is 0 Å². The number of benzene rings is 1. The van der Waals surface area contributed by atoms with E-state index in [-0.39, 0.29) is 29.7 Å². The molecule has 2 rings (SSSR count). The molecule has 0 unspecified atom stereocenters. The topological polar surface area (TPSA) is 77.5 Å². The lowest BCUT2D eigenvalue weighted by Crippen LogP contribution is -2.34. The highest BCUT2D eigenvalue weighted by Gasteiger charge is 2.39. The van der Waals surface area contributed by atoms with E-state index in [1.807, 2.05) is 13.8 Å². The first-order chi connectivity index (χ1) is 9.90. The number of carboxylic acids is 1. The minimum Gasteiger partial charge on any atom is -0.545 e. The molecule has 0 spiro atoms. The van der Waals surface area contributed by atoms with Crippen molar-refractivity contribution in [3.63, 3.8) is 0 Å². The highest BCUT2D eigenvalue weighted by Crippen LogP contribution is 2.33. The lowest BCUT2D eigenvalue weighted by molar-refractivity contribution is -0.255. The van der Waals surface area contributed by atoms with Gasteiger partial charge in [-0.25, -0.2) is 0 Å². The van der Waals surface area contributed by atoms with E-state index in [0.29, 0.717) is 11.4 Å². The van der Waals surface area contributed by atoms with Crippen LogP contribution in [-0.2, 0) is 9.59 Å². The molecule has 1 atom stereocenters. The molecule has 5 nitrogen and oxygen atoms in total. The fraction of sp³-hybridized carbons (Fsp3) is 0.400. The van der Waals surface area contributed by atoms with Crippen LogP contribution in [0.4, 0.5) is 0 Å². The molecular weight excluding hydrogens is 290 g/mol. The molecule has 1 saturated heterocycles. The Morgan fingerprint density at radius 2 is 2.05 bits per heavy atom. The van der Waals surface area contributed by atoms with E-state index >= 15 is 0 Å². The number of carbonyl (C=O) groups excluding carboxylic acids is 3. The maximum Gasteiger partial charge on any atom is 0.243 e. The molecule has 1 aromatic carbocycles. The summed E-state index contributed by atoms with van der Waals surface area (Å²) >= 11 is 1.12. The minimum absolute atomic E-state index is 0.0464. The van der Waals surface area contributed by atoms with Gasteiger partial charge in [0, 0.05) is 23.4 Å². The third-order valence-electron chi connectivity index (χ3n) is 3.13. The van der Waals surface area contributed by atoms with Gasteiger partial charge in [-0.05, 0) is 12.0 Å². The number of aromatic carboxylic acids is 1. The molecule has 1 aliphatic heterocycles. The Kier molecular flexibility index (Phi) is 4.67. The Morgan fingerprint density at radius 1 is 1.38 bits per heavy atom. The fourth-order valence-electron chi connectivity index (χ4n) is 2.19. The van der Waals surface area contributed by atoms with E-state index in [0.717, 1.165) is 11.8 Å². The quantitative estimate of drug-likeness (QED) is 0.756. The summed E-state index contributed by atoms with van der Waals surface area (Å²) in [6.07, 6.45) is 0.109. The Morgan fingerprint density at radius 3 is 2.67 bits per heavy atom. The Labute approximate surface area is 127 Å². The van der Waals surface area contributed by atoms with E-state index in [4.69, 9.17) is 0 Å². The van der Waals surface area contributed by atoms with Crippen molar-refractivity contribution in [2.24, 2.45) is 5.92 Å². The van der Waals surface area contributed by atoms with Crippen molar-refractivity contribution in [3.8, 4) is 0 Å². The SMILES string of the molecule is CC(C)CN1C(=O)C[C@H](Sc2ccccc2C(=O)[O-])C1=O. The van der Waals surface area contributed by atoms with Gasteiger partial charge in [0.05, 0.1) is 11.2 Å². The van der Waals surface area contributed by atoms with Crippen molar-refractivity contribution in [2.45, 2.75) is 30.4 Å². The van der Waals surface area contributed by atoms with Crippen molar-refractivity contribution in [3.05, 3.63) is 29.8 Å². The molecule has 6 heteroatoms. The van der Waals surface area contributed by atoms with Crippen LogP contribution in [0, 0.1) is 5.92 Å². The lowest BCUT2D eigenvalue weighted by atomic mass is 10.2. The van der Waals surface area contributed by atoms with Gasteiger partial charge in [0.1, 0.15) is 0 Å². The summed E-state index contributed by atoms with van der Waals surface area (Å²) in [4.78, 5) is 36.9. The van der Waals surface area contributed by atoms with Crippen LogP contribution < -0.4 is 5.11 Å². The molecule has 1 aliphatic rings. The van der Waals surface area contributed by atoms with Gasteiger partial charge in [0.2, 0.25) is 11.8 Å². The van der Waals surface area contributed by atoms with Crippen LogP contribution in [0.5, 0.6) is 0 Å². The van der Waals surface area contributed by atoms with Gasteiger partial charge in [-0.3, -0.25) is 14.5 Å². The molecule has 0 aromatic heterocycles. The first-order valence-electron chi connectivity index (χ1n) is 6.71. The highest BCUT2D eigenvalue weighted by molar-refractivity contribution is 8.00. The smallest absolute Gasteiger partial charge is 0.243 e. The fourth-order valence-corrected chi connectivity index (χ4v) is 3.39. The maximum atomic E-state index is 12.3. The van der Waals surface area contributed by atoms with Crippen LogP contribution in [0.25, 0.3) is 0 Å². The molecule has 0 saturated carbocycles. The molecule has 0 radical (unpaired) electrons. The van der Waals surface area contributed by atoms with Gasteiger partial charge in [-0.15, -0.1) is 11.8 Å². The number of thioether (sulfide) groups is 1. The molecule has 0 bridgehead atoms. The van der Waals surface area contributed by atoms with Crippen molar-refractivity contribution < 1.29 is 19.5 Å². The summed E-state index contributed by atoms with van der Waals surface area (Å²) in [7, 11) is 0. The first-order valence-corrected chi connectivity index (χ1v) is 7.59. The standard InChI is InChI=1S/C15H17NO4S/c1-9(2)8-16-13(17)7-12(14(16)18)21-11-6-4-3-5-10(11)15(19)20/h3-6,9,12H,7-8H2,1-2H3,(H,19,20)/p-1/t12-/m0/s1. The van der Waals surface area contributed by atoms with Crippen molar-refractivity contribution >= 4 is 29.5 Å².